The second kappa shape index (κ2) is 9.55. The Hall–Kier alpha value is -2.17. The van der Waals surface area contributed by atoms with Crippen molar-refractivity contribution in [3.63, 3.8) is 0 Å². The summed E-state index contributed by atoms with van der Waals surface area (Å²) in [7, 11) is -0.0201. The molecule has 0 saturated carbocycles. The Morgan fingerprint density at radius 1 is 1.07 bits per heavy atom. The monoisotopic (exact) mass is 459 g/mol. The lowest BCUT2D eigenvalue weighted by Gasteiger charge is -2.18. The second-order valence-corrected chi connectivity index (χ2v) is 8.71. The SMILES string of the molecule is CON(C)S(=O)(=O)c1cccc(C(=O)N(C)CC(=O)Nc2ccc(Cl)c(Cl)c2)c1. The van der Waals surface area contributed by atoms with Crippen LogP contribution in [0.2, 0.25) is 10.0 Å². The number of hydrogen-bond donors (Lipinski definition) is 1. The molecule has 11 heteroatoms. The number of sulfonamides is 1. The average Bonchev–Trinajstić information content (AvgIpc) is 2.69. The van der Waals surface area contributed by atoms with Crippen LogP contribution < -0.4 is 5.32 Å². The smallest absolute Gasteiger partial charge is 0.264 e. The van der Waals surface area contributed by atoms with Gasteiger partial charge in [0.2, 0.25) is 5.91 Å². The quantitative estimate of drug-likeness (QED) is 0.642. The van der Waals surface area contributed by atoms with Crippen molar-refractivity contribution in [3.05, 3.63) is 58.1 Å². The number of hydroxylamine groups is 1. The Bertz CT molecular complexity index is 1030. The Labute approximate surface area is 179 Å². The van der Waals surface area contributed by atoms with Crippen molar-refractivity contribution in [2.24, 2.45) is 0 Å². The molecule has 0 aromatic heterocycles. The number of nitrogens with one attached hydrogen (secondary N) is 1. The number of halogens is 2. The summed E-state index contributed by atoms with van der Waals surface area (Å²) in [5, 5.41) is 3.25. The molecule has 0 bridgehead atoms. The summed E-state index contributed by atoms with van der Waals surface area (Å²) in [5.74, 6) is -0.978. The van der Waals surface area contributed by atoms with E-state index in [0.29, 0.717) is 15.2 Å². The van der Waals surface area contributed by atoms with Gasteiger partial charge < -0.3 is 10.2 Å². The molecule has 0 atom stereocenters. The number of amides is 2. The molecule has 2 amide bonds. The van der Waals surface area contributed by atoms with Gasteiger partial charge in [-0.25, -0.2) is 8.42 Å². The maximum absolute atomic E-state index is 12.6. The van der Waals surface area contributed by atoms with E-state index in [1.165, 1.54) is 62.5 Å². The highest BCUT2D eigenvalue weighted by atomic mass is 35.5. The van der Waals surface area contributed by atoms with Gasteiger partial charge in [-0.2, -0.15) is 0 Å². The molecular weight excluding hydrogens is 441 g/mol. The lowest BCUT2D eigenvalue weighted by Crippen LogP contribution is -2.35. The summed E-state index contributed by atoms with van der Waals surface area (Å²) in [4.78, 5) is 30.6. The van der Waals surface area contributed by atoms with Crippen LogP contribution in [0, 0.1) is 0 Å². The first kappa shape index (κ1) is 23.1. The van der Waals surface area contributed by atoms with Crippen LogP contribution >= 0.6 is 23.2 Å². The Balaban J connectivity index is 2.11. The lowest BCUT2D eigenvalue weighted by molar-refractivity contribution is -0.116. The molecule has 0 aliphatic heterocycles. The number of carbonyl (C=O) groups excluding carboxylic acids is 2. The number of carbonyl (C=O) groups is 2. The predicted molar refractivity (Wildman–Crippen MR) is 110 cm³/mol. The molecule has 2 aromatic carbocycles. The van der Waals surface area contributed by atoms with E-state index in [9.17, 15) is 18.0 Å². The minimum absolute atomic E-state index is 0.110. The molecule has 0 aliphatic rings. The van der Waals surface area contributed by atoms with Gasteiger partial charge in [-0.15, -0.1) is 0 Å². The zero-order chi connectivity index (χ0) is 21.8. The van der Waals surface area contributed by atoms with Crippen LogP contribution in [-0.4, -0.2) is 57.4 Å². The van der Waals surface area contributed by atoms with Gasteiger partial charge >= 0.3 is 0 Å². The van der Waals surface area contributed by atoms with Crippen LogP contribution in [-0.2, 0) is 19.7 Å². The van der Waals surface area contributed by atoms with Gasteiger partial charge in [0.25, 0.3) is 15.9 Å². The van der Waals surface area contributed by atoms with E-state index in [2.05, 4.69) is 5.32 Å². The predicted octanol–water partition coefficient (Wildman–Crippen LogP) is 2.89. The fraction of sp³-hybridized carbons (Fsp3) is 0.222. The summed E-state index contributed by atoms with van der Waals surface area (Å²) < 4.78 is 25.3. The molecule has 2 aromatic rings. The van der Waals surface area contributed by atoms with Gasteiger partial charge in [0.15, 0.2) is 0 Å². The van der Waals surface area contributed by atoms with Crippen molar-refractivity contribution in [3.8, 4) is 0 Å². The molecule has 0 unspecified atom stereocenters. The molecule has 1 N–H and O–H groups in total. The first-order valence-corrected chi connectivity index (χ1v) is 10.4. The highest BCUT2D eigenvalue weighted by molar-refractivity contribution is 7.89. The van der Waals surface area contributed by atoms with Gasteiger partial charge in [-0.1, -0.05) is 33.7 Å². The molecule has 8 nitrogen and oxygen atoms in total. The van der Waals surface area contributed by atoms with E-state index in [0.717, 1.165) is 0 Å². The third-order valence-electron chi connectivity index (χ3n) is 3.91. The van der Waals surface area contributed by atoms with Crippen molar-refractivity contribution in [2.75, 3.05) is 33.1 Å². The van der Waals surface area contributed by atoms with Crippen LogP contribution in [0.15, 0.2) is 47.4 Å². The molecular formula is C18H19Cl2N3O5S. The molecule has 156 valence electrons. The van der Waals surface area contributed by atoms with E-state index in [4.69, 9.17) is 28.0 Å². The standard InChI is InChI=1S/C18H19Cl2N3O5S/c1-22(11-17(24)21-13-7-8-15(19)16(20)10-13)18(25)12-5-4-6-14(9-12)29(26,27)23(2)28-3/h4-10H,11H2,1-3H3,(H,21,24). The van der Waals surface area contributed by atoms with Crippen molar-refractivity contribution in [1.29, 1.82) is 0 Å². The van der Waals surface area contributed by atoms with Crippen LogP contribution in [0.1, 0.15) is 10.4 Å². The van der Waals surface area contributed by atoms with E-state index >= 15 is 0 Å². The minimum atomic E-state index is -3.90. The largest absolute Gasteiger partial charge is 0.332 e. The molecule has 29 heavy (non-hydrogen) atoms. The molecule has 0 saturated heterocycles. The maximum Gasteiger partial charge on any atom is 0.264 e. The first-order valence-electron chi connectivity index (χ1n) is 8.19. The molecule has 0 radical (unpaired) electrons. The first-order chi connectivity index (χ1) is 13.6. The molecule has 2 rings (SSSR count). The van der Waals surface area contributed by atoms with E-state index in [-0.39, 0.29) is 22.0 Å². The topological polar surface area (TPSA) is 96.0 Å². The highest BCUT2D eigenvalue weighted by Crippen LogP contribution is 2.25. The molecule has 0 spiro atoms. The van der Waals surface area contributed by atoms with Gasteiger partial charge in [0.1, 0.15) is 0 Å². The van der Waals surface area contributed by atoms with Gasteiger partial charge in [-0.05, 0) is 36.4 Å². The van der Waals surface area contributed by atoms with E-state index in [1.807, 2.05) is 0 Å². The normalized spacial score (nSPS) is 11.4. The van der Waals surface area contributed by atoms with E-state index < -0.39 is 21.8 Å². The van der Waals surface area contributed by atoms with Crippen LogP contribution in [0.3, 0.4) is 0 Å². The fourth-order valence-electron chi connectivity index (χ4n) is 2.32. The third-order valence-corrected chi connectivity index (χ3v) is 6.32. The Morgan fingerprint density at radius 3 is 2.38 bits per heavy atom. The number of benzene rings is 2. The highest BCUT2D eigenvalue weighted by Gasteiger charge is 2.23. The summed E-state index contributed by atoms with van der Waals surface area (Å²) in [6.07, 6.45) is 0. The maximum atomic E-state index is 12.6. The average molecular weight is 460 g/mol. The van der Waals surface area contributed by atoms with Crippen LogP contribution in [0.5, 0.6) is 0 Å². The number of anilines is 1. The van der Waals surface area contributed by atoms with Gasteiger partial charge in [0.05, 0.1) is 28.6 Å². The number of hydrogen-bond acceptors (Lipinski definition) is 5. The zero-order valence-corrected chi connectivity index (χ0v) is 18.2. The molecule has 0 aliphatic carbocycles. The zero-order valence-electron chi connectivity index (χ0n) is 15.8. The van der Waals surface area contributed by atoms with Crippen LogP contribution in [0.4, 0.5) is 5.69 Å². The summed E-state index contributed by atoms with van der Waals surface area (Å²) in [6.45, 7) is -0.256. The van der Waals surface area contributed by atoms with Crippen molar-refractivity contribution >= 4 is 50.7 Å². The summed E-state index contributed by atoms with van der Waals surface area (Å²) >= 11 is 11.7. The minimum Gasteiger partial charge on any atom is -0.332 e. The van der Waals surface area contributed by atoms with Crippen LogP contribution in [0.25, 0.3) is 0 Å². The molecule has 0 heterocycles. The number of rotatable bonds is 7. The van der Waals surface area contributed by atoms with Crippen molar-refractivity contribution in [1.82, 2.24) is 9.37 Å². The van der Waals surface area contributed by atoms with Crippen molar-refractivity contribution < 1.29 is 22.8 Å². The summed E-state index contributed by atoms with van der Waals surface area (Å²) in [6, 6.07) is 10.1. The number of likely N-dealkylation sites (N-methyl/N-ethyl adjacent to an activating group) is 1. The lowest BCUT2D eigenvalue weighted by atomic mass is 10.2. The number of nitrogens with zero attached hydrogens (tertiary/aromatic N) is 2. The van der Waals surface area contributed by atoms with E-state index in [1.54, 1.807) is 6.07 Å². The van der Waals surface area contributed by atoms with Gasteiger partial charge in [-0.3, -0.25) is 14.4 Å². The third kappa shape index (κ3) is 5.68. The van der Waals surface area contributed by atoms with Gasteiger partial charge in [0, 0.05) is 25.3 Å². The Kier molecular flexibility index (Phi) is 7.61. The molecule has 0 fully saturated rings. The van der Waals surface area contributed by atoms with Crippen molar-refractivity contribution in [2.45, 2.75) is 4.90 Å². The fourth-order valence-corrected chi connectivity index (χ4v) is 3.64. The second-order valence-electron chi connectivity index (χ2n) is 5.96. The summed E-state index contributed by atoms with van der Waals surface area (Å²) in [5.41, 5.74) is 0.543. The Morgan fingerprint density at radius 2 is 1.76 bits per heavy atom.